The highest BCUT2D eigenvalue weighted by Gasteiger charge is 2.15. The van der Waals surface area contributed by atoms with Gasteiger partial charge in [-0.15, -0.1) is 0 Å². The Kier molecular flexibility index (Phi) is 4.00. The van der Waals surface area contributed by atoms with Crippen molar-refractivity contribution < 1.29 is 13.5 Å². The second-order valence-electron chi connectivity index (χ2n) is 4.20. The maximum Gasteiger partial charge on any atom is 0.267 e. The normalized spacial score (nSPS) is 10.7. The largest absolute Gasteiger partial charge is 0.457 e. The van der Waals surface area contributed by atoms with Crippen LogP contribution in [0.3, 0.4) is 0 Å². The molecule has 0 unspecified atom stereocenters. The summed E-state index contributed by atoms with van der Waals surface area (Å²) >= 11 is 0. The van der Waals surface area contributed by atoms with Gasteiger partial charge in [0.25, 0.3) is 6.43 Å². The summed E-state index contributed by atoms with van der Waals surface area (Å²) in [5.41, 5.74) is 6.77. The van der Waals surface area contributed by atoms with E-state index >= 15 is 0 Å². The Balaban J connectivity index is 2.26. The molecule has 0 amide bonds. The molecule has 0 spiro atoms. The van der Waals surface area contributed by atoms with Crippen LogP contribution in [0.2, 0.25) is 0 Å². The molecular formula is C15H15F2NO. The summed E-state index contributed by atoms with van der Waals surface area (Å²) in [6, 6.07) is 11.6. The molecular weight excluding hydrogens is 248 g/mol. The fourth-order valence-corrected chi connectivity index (χ4v) is 1.75. The molecule has 0 aliphatic rings. The zero-order valence-electron chi connectivity index (χ0n) is 10.6. The summed E-state index contributed by atoms with van der Waals surface area (Å²) < 4.78 is 31.3. The summed E-state index contributed by atoms with van der Waals surface area (Å²) in [6.07, 6.45) is -1.70. The summed E-state index contributed by atoms with van der Waals surface area (Å²) in [5, 5.41) is 0. The summed E-state index contributed by atoms with van der Waals surface area (Å²) in [6.45, 7) is 2.05. The van der Waals surface area contributed by atoms with E-state index in [0.29, 0.717) is 11.4 Å². The number of rotatable bonds is 4. The summed E-state index contributed by atoms with van der Waals surface area (Å²) in [7, 11) is 0. The van der Waals surface area contributed by atoms with Gasteiger partial charge in [-0.2, -0.15) is 0 Å². The highest BCUT2D eigenvalue weighted by molar-refractivity contribution is 5.49. The molecule has 0 fully saturated rings. The third-order valence-electron chi connectivity index (χ3n) is 2.83. The van der Waals surface area contributed by atoms with Crippen molar-refractivity contribution in [1.82, 2.24) is 0 Å². The van der Waals surface area contributed by atoms with E-state index in [1.807, 2.05) is 19.1 Å². The zero-order valence-corrected chi connectivity index (χ0v) is 10.6. The first-order valence-corrected chi connectivity index (χ1v) is 6.04. The molecule has 2 aromatic rings. The lowest BCUT2D eigenvalue weighted by molar-refractivity contribution is 0.148. The van der Waals surface area contributed by atoms with Crippen molar-refractivity contribution in [2.24, 2.45) is 0 Å². The minimum Gasteiger partial charge on any atom is -0.457 e. The van der Waals surface area contributed by atoms with Crippen molar-refractivity contribution in [3.05, 3.63) is 53.6 Å². The van der Waals surface area contributed by atoms with Crippen LogP contribution in [-0.4, -0.2) is 0 Å². The van der Waals surface area contributed by atoms with Crippen LogP contribution in [0.25, 0.3) is 0 Å². The SMILES string of the molecule is CCc1ccc(Oc2ccc(N)cc2C(F)F)cc1. The molecule has 0 radical (unpaired) electrons. The van der Waals surface area contributed by atoms with Gasteiger partial charge in [-0.3, -0.25) is 0 Å². The molecule has 2 aromatic carbocycles. The molecule has 0 saturated carbocycles. The molecule has 2 N–H and O–H groups in total. The van der Waals surface area contributed by atoms with Crippen molar-refractivity contribution in [2.75, 3.05) is 5.73 Å². The average Bonchev–Trinajstić information content (AvgIpc) is 2.41. The van der Waals surface area contributed by atoms with E-state index in [0.717, 1.165) is 6.42 Å². The maximum absolute atomic E-state index is 12.9. The van der Waals surface area contributed by atoms with Crippen molar-refractivity contribution in [2.45, 2.75) is 19.8 Å². The van der Waals surface area contributed by atoms with E-state index in [2.05, 4.69) is 0 Å². The molecule has 4 heteroatoms. The van der Waals surface area contributed by atoms with Crippen molar-refractivity contribution in [3.8, 4) is 11.5 Å². The maximum atomic E-state index is 12.9. The summed E-state index contributed by atoms with van der Waals surface area (Å²) in [4.78, 5) is 0. The molecule has 100 valence electrons. The second kappa shape index (κ2) is 5.69. The Bertz CT molecular complexity index is 553. The van der Waals surface area contributed by atoms with Crippen LogP contribution in [-0.2, 0) is 6.42 Å². The van der Waals surface area contributed by atoms with E-state index < -0.39 is 6.43 Å². The molecule has 0 heterocycles. The number of benzene rings is 2. The first-order chi connectivity index (χ1) is 9.10. The van der Waals surface area contributed by atoms with Gasteiger partial charge >= 0.3 is 0 Å². The van der Waals surface area contributed by atoms with Gasteiger partial charge in [-0.25, -0.2) is 8.78 Å². The highest BCUT2D eigenvalue weighted by atomic mass is 19.3. The molecule has 0 aliphatic carbocycles. The lowest BCUT2D eigenvalue weighted by atomic mass is 10.1. The van der Waals surface area contributed by atoms with E-state index in [-0.39, 0.29) is 11.3 Å². The van der Waals surface area contributed by atoms with Gasteiger partial charge in [-0.05, 0) is 42.3 Å². The monoisotopic (exact) mass is 263 g/mol. The van der Waals surface area contributed by atoms with Crippen LogP contribution < -0.4 is 10.5 Å². The molecule has 0 bridgehead atoms. The predicted molar refractivity (Wildman–Crippen MR) is 71.7 cm³/mol. The number of nitrogen functional groups attached to an aromatic ring is 1. The molecule has 19 heavy (non-hydrogen) atoms. The molecule has 0 aliphatic heterocycles. The first-order valence-electron chi connectivity index (χ1n) is 6.04. The second-order valence-corrected chi connectivity index (χ2v) is 4.20. The quantitative estimate of drug-likeness (QED) is 0.820. The third kappa shape index (κ3) is 3.22. The van der Waals surface area contributed by atoms with Crippen molar-refractivity contribution in [1.29, 1.82) is 0 Å². The predicted octanol–water partition coefficient (Wildman–Crippen LogP) is 4.56. The van der Waals surface area contributed by atoms with Gasteiger partial charge < -0.3 is 10.5 Å². The van der Waals surface area contributed by atoms with Crippen LogP contribution in [0, 0.1) is 0 Å². The minimum atomic E-state index is -2.62. The van der Waals surface area contributed by atoms with E-state index in [1.165, 1.54) is 17.7 Å². The van der Waals surface area contributed by atoms with Gasteiger partial charge in [-0.1, -0.05) is 19.1 Å². The fourth-order valence-electron chi connectivity index (χ4n) is 1.75. The number of halogens is 2. The van der Waals surface area contributed by atoms with Crippen molar-refractivity contribution in [3.63, 3.8) is 0 Å². The number of aryl methyl sites for hydroxylation is 1. The Morgan fingerprint density at radius 1 is 1.11 bits per heavy atom. The van der Waals surface area contributed by atoms with Crippen LogP contribution in [0.4, 0.5) is 14.5 Å². The first kappa shape index (κ1) is 13.3. The van der Waals surface area contributed by atoms with Gasteiger partial charge in [0.15, 0.2) is 0 Å². The number of ether oxygens (including phenoxy) is 1. The Morgan fingerprint density at radius 3 is 2.37 bits per heavy atom. The van der Waals surface area contributed by atoms with Gasteiger partial charge in [0.2, 0.25) is 0 Å². The molecule has 2 rings (SSSR count). The van der Waals surface area contributed by atoms with Gasteiger partial charge in [0.05, 0.1) is 5.56 Å². The van der Waals surface area contributed by atoms with E-state index in [9.17, 15) is 8.78 Å². The van der Waals surface area contributed by atoms with Crippen molar-refractivity contribution >= 4 is 5.69 Å². The lowest BCUT2D eigenvalue weighted by Gasteiger charge is -2.11. The zero-order chi connectivity index (χ0) is 13.8. The van der Waals surface area contributed by atoms with Crippen LogP contribution in [0.5, 0.6) is 11.5 Å². The standard InChI is InChI=1S/C15H15F2NO/c1-2-10-3-6-12(7-4-10)19-14-8-5-11(18)9-13(14)15(16)17/h3-9,15H,2,18H2,1H3. The Labute approximate surface area is 110 Å². The fraction of sp³-hybridized carbons (Fsp3) is 0.200. The topological polar surface area (TPSA) is 35.2 Å². The van der Waals surface area contributed by atoms with Gasteiger partial charge in [0.1, 0.15) is 11.5 Å². The van der Waals surface area contributed by atoms with Crippen LogP contribution in [0.1, 0.15) is 24.5 Å². The third-order valence-corrected chi connectivity index (χ3v) is 2.83. The number of alkyl halides is 2. The molecule has 0 aromatic heterocycles. The number of nitrogens with two attached hydrogens (primary N) is 1. The molecule has 0 saturated heterocycles. The van der Waals surface area contributed by atoms with E-state index in [4.69, 9.17) is 10.5 Å². The van der Waals surface area contributed by atoms with E-state index in [1.54, 1.807) is 18.2 Å². The van der Waals surface area contributed by atoms with Crippen LogP contribution in [0.15, 0.2) is 42.5 Å². The van der Waals surface area contributed by atoms with Crippen LogP contribution >= 0.6 is 0 Å². The Morgan fingerprint density at radius 2 is 1.79 bits per heavy atom. The Hall–Kier alpha value is -2.10. The molecule has 2 nitrogen and oxygen atoms in total. The smallest absolute Gasteiger partial charge is 0.267 e. The van der Waals surface area contributed by atoms with Gasteiger partial charge in [0, 0.05) is 5.69 Å². The lowest BCUT2D eigenvalue weighted by Crippen LogP contribution is -1.95. The number of anilines is 1. The number of hydrogen-bond acceptors (Lipinski definition) is 2. The minimum absolute atomic E-state index is 0.133. The average molecular weight is 263 g/mol. The molecule has 0 atom stereocenters. The number of hydrogen-bond donors (Lipinski definition) is 1. The summed E-state index contributed by atoms with van der Waals surface area (Å²) in [5.74, 6) is 0.664. The highest BCUT2D eigenvalue weighted by Crippen LogP contribution is 2.33.